The fourth-order valence-corrected chi connectivity index (χ4v) is 8.50. The zero-order valence-corrected chi connectivity index (χ0v) is 42.6. The molecule has 0 bridgehead atoms. The van der Waals surface area contributed by atoms with Crippen LogP contribution in [0.3, 0.4) is 0 Å². The summed E-state index contributed by atoms with van der Waals surface area (Å²) in [5.41, 5.74) is 0. The molecule has 0 saturated heterocycles. The largest absolute Gasteiger partial charge is 0.462 e. The zero-order chi connectivity index (χ0) is 45.8. The van der Waals surface area contributed by atoms with Gasteiger partial charge in [0.2, 0.25) is 0 Å². The molecule has 0 heterocycles. The number of ether oxygens (including phenoxy) is 3. The Balaban J connectivity index is 4.11. The van der Waals surface area contributed by atoms with E-state index in [1.54, 1.807) is 0 Å². The van der Waals surface area contributed by atoms with Crippen molar-refractivity contribution in [1.29, 1.82) is 0 Å². The van der Waals surface area contributed by atoms with Gasteiger partial charge in [0.15, 0.2) is 6.10 Å². The predicted octanol–water partition coefficient (Wildman–Crippen LogP) is 18.5. The minimum atomic E-state index is -0.767. The first-order chi connectivity index (χ1) is 31.0. The van der Waals surface area contributed by atoms with Crippen LogP contribution in [0.2, 0.25) is 0 Å². The average molecular weight is 889 g/mol. The number of allylic oxidation sites excluding steroid dienone is 2. The van der Waals surface area contributed by atoms with Crippen LogP contribution >= 0.6 is 0 Å². The second kappa shape index (κ2) is 52.8. The van der Waals surface area contributed by atoms with Crippen LogP contribution in [0.4, 0.5) is 0 Å². The van der Waals surface area contributed by atoms with Crippen LogP contribution in [0.25, 0.3) is 0 Å². The van der Waals surface area contributed by atoms with E-state index in [2.05, 4.69) is 32.9 Å². The monoisotopic (exact) mass is 889 g/mol. The molecule has 0 saturated carbocycles. The lowest BCUT2D eigenvalue weighted by molar-refractivity contribution is -0.167. The van der Waals surface area contributed by atoms with Gasteiger partial charge in [0.05, 0.1) is 0 Å². The summed E-state index contributed by atoms with van der Waals surface area (Å²) in [7, 11) is 0. The van der Waals surface area contributed by atoms with Gasteiger partial charge >= 0.3 is 17.9 Å². The van der Waals surface area contributed by atoms with E-state index in [4.69, 9.17) is 14.2 Å². The van der Waals surface area contributed by atoms with Gasteiger partial charge in [-0.05, 0) is 44.9 Å². The Morgan fingerprint density at radius 2 is 0.524 bits per heavy atom. The lowest BCUT2D eigenvalue weighted by atomic mass is 10.0. The smallest absolute Gasteiger partial charge is 0.306 e. The molecule has 0 rings (SSSR count). The molecule has 63 heavy (non-hydrogen) atoms. The van der Waals surface area contributed by atoms with Crippen LogP contribution < -0.4 is 0 Å². The number of hydrogen-bond acceptors (Lipinski definition) is 6. The van der Waals surface area contributed by atoms with Crippen molar-refractivity contribution in [3.8, 4) is 0 Å². The van der Waals surface area contributed by atoms with E-state index in [1.807, 2.05) is 0 Å². The molecule has 0 aliphatic rings. The number of unbranched alkanes of at least 4 members (excludes halogenated alkanes) is 39. The highest BCUT2D eigenvalue weighted by atomic mass is 16.6. The van der Waals surface area contributed by atoms with E-state index < -0.39 is 6.10 Å². The summed E-state index contributed by atoms with van der Waals surface area (Å²) in [5.74, 6) is -0.865. The van der Waals surface area contributed by atoms with Crippen LogP contribution in [0.15, 0.2) is 12.2 Å². The van der Waals surface area contributed by atoms with Crippen molar-refractivity contribution in [2.45, 2.75) is 322 Å². The third-order valence-corrected chi connectivity index (χ3v) is 12.8. The molecule has 0 spiro atoms. The van der Waals surface area contributed by atoms with Gasteiger partial charge in [-0.1, -0.05) is 264 Å². The SMILES string of the molecule is CCCCCCCC/C=C\CCCCCCCC(=O)OC(COC(=O)CCCCCCCCC)COC(=O)CCCCCCCCCCCCCCCCCCCCCCCCC. The highest BCUT2D eigenvalue weighted by molar-refractivity contribution is 5.71. The molecule has 0 N–H and O–H groups in total. The van der Waals surface area contributed by atoms with Crippen LogP contribution in [-0.4, -0.2) is 37.2 Å². The van der Waals surface area contributed by atoms with Gasteiger partial charge in [0, 0.05) is 19.3 Å². The number of esters is 3. The van der Waals surface area contributed by atoms with E-state index in [0.717, 1.165) is 64.2 Å². The quantitative estimate of drug-likeness (QED) is 0.0262. The standard InChI is InChI=1S/C57H108O6/c1-4-7-10-13-16-18-20-22-24-25-26-27-28-29-30-31-33-34-36-38-41-44-47-50-56(59)62-53-54(52-61-55(58)49-46-43-40-15-12-9-6-3)63-57(60)51-48-45-42-39-37-35-32-23-21-19-17-14-11-8-5-2/h23,32,54H,4-22,24-31,33-53H2,1-3H3/b32-23-. The topological polar surface area (TPSA) is 78.9 Å². The summed E-state index contributed by atoms with van der Waals surface area (Å²) in [4.78, 5) is 37.9. The van der Waals surface area contributed by atoms with E-state index in [-0.39, 0.29) is 31.1 Å². The lowest BCUT2D eigenvalue weighted by Gasteiger charge is -2.18. The first-order valence-electron chi connectivity index (χ1n) is 28.2. The fourth-order valence-electron chi connectivity index (χ4n) is 8.50. The second-order valence-corrected chi connectivity index (χ2v) is 19.2. The minimum absolute atomic E-state index is 0.0684. The summed E-state index contributed by atoms with van der Waals surface area (Å²) in [5, 5.41) is 0. The van der Waals surface area contributed by atoms with Crippen molar-refractivity contribution in [3.05, 3.63) is 12.2 Å². The third kappa shape index (κ3) is 51.0. The maximum absolute atomic E-state index is 12.8. The molecule has 6 heteroatoms. The molecule has 1 atom stereocenters. The van der Waals surface area contributed by atoms with Crippen LogP contribution in [-0.2, 0) is 28.6 Å². The molecule has 1 unspecified atom stereocenters. The number of hydrogen-bond donors (Lipinski definition) is 0. The van der Waals surface area contributed by atoms with E-state index in [9.17, 15) is 14.4 Å². The molecule has 372 valence electrons. The van der Waals surface area contributed by atoms with Crippen LogP contribution in [0, 0.1) is 0 Å². The number of carbonyl (C=O) groups excluding carboxylic acids is 3. The van der Waals surface area contributed by atoms with Gasteiger partial charge in [-0.2, -0.15) is 0 Å². The highest BCUT2D eigenvalue weighted by Gasteiger charge is 2.19. The average Bonchev–Trinajstić information content (AvgIpc) is 3.28. The Hall–Kier alpha value is -1.85. The summed E-state index contributed by atoms with van der Waals surface area (Å²) in [6.07, 6.45) is 59.4. The highest BCUT2D eigenvalue weighted by Crippen LogP contribution is 2.17. The molecule has 0 aliphatic heterocycles. The molecular weight excluding hydrogens is 781 g/mol. The van der Waals surface area contributed by atoms with Crippen molar-refractivity contribution in [2.24, 2.45) is 0 Å². The summed E-state index contributed by atoms with van der Waals surface area (Å²) in [6, 6.07) is 0. The third-order valence-electron chi connectivity index (χ3n) is 12.8. The molecule has 0 aromatic carbocycles. The van der Waals surface area contributed by atoms with E-state index in [1.165, 1.54) is 212 Å². The molecule has 6 nitrogen and oxygen atoms in total. The Labute approximate surface area is 392 Å². The van der Waals surface area contributed by atoms with Gasteiger partial charge in [-0.3, -0.25) is 14.4 Å². The summed E-state index contributed by atoms with van der Waals surface area (Å²) in [6.45, 7) is 6.63. The maximum atomic E-state index is 12.8. The van der Waals surface area contributed by atoms with E-state index >= 15 is 0 Å². The number of rotatable bonds is 52. The van der Waals surface area contributed by atoms with Crippen molar-refractivity contribution in [1.82, 2.24) is 0 Å². The Morgan fingerprint density at radius 3 is 0.794 bits per heavy atom. The van der Waals surface area contributed by atoms with Crippen LogP contribution in [0.5, 0.6) is 0 Å². The van der Waals surface area contributed by atoms with Crippen molar-refractivity contribution < 1.29 is 28.6 Å². The predicted molar refractivity (Wildman–Crippen MR) is 270 cm³/mol. The molecular formula is C57H108O6. The lowest BCUT2D eigenvalue weighted by Crippen LogP contribution is -2.30. The van der Waals surface area contributed by atoms with Crippen molar-refractivity contribution in [3.63, 3.8) is 0 Å². The molecule has 0 fully saturated rings. The van der Waals surface area contributed by atoms with Gasteiger partial charge < -0.3 is 14.2 Å². The van der Waals surface area contributed by atoms with Gasteiger partial charge in [-0.25, -0.2) is 0 Å². The fraction of sp³-hybridized carbons (Fsp3) is 0.912. The Morgan fingerprint density at radius 1 is 0.302 bits per heavy atom. The zero-order valence-electron chi connectivity index (χ0n) is 42.6. The second-order valence-electron chi connectivity index (χ2n) is 19.2. The molecule has 0 aliphatic carbocycles. The van der Waals surface area contributed by atoms with E-state index in [0.29, 0.717) is 19.3 Å². The Kier molecular flexibility index (Phi) is 51.2. The molecule has 0 amide bonds. The summed E-state index contributed by atoms with van der Waals surface area (Å²) < 4.78 is 16.8. The minimum Gasteiger partial charge on any atom is -0.462 e. The first kappa shape index (κ1) is 61.1. The van der Waals surface area contributed by atoms with Crippen molar-refractivity contribution in [2.75, 3.05) is 13.2 Å². The van der Waals surface area contributed by atoms with Gasteiger partial charge in [-0.15, -0.1) is 0 Å². The Bertz CT molecular complexity index is 978. The molecule has 0 aromatic heterocycles. The van der Waals surface area contributed by atoms with Crippen LogP contribution in [0.1, 0.15) is 316 Å². The maximum Gasteiger partial charge on any atom is 0.306 e. The van der Waals surface area contributed by atoms with Gasteiger partial charge in [0.1, 0.15) is 13.2 Å². The van der Waals surface area contributed by atoms with Gasteiger partial charge in [0.25, 0.3) is 0 Å². The molecule has 0 aromatic rings. The summed E-state index contributed by atoms with van der Waals surface area (Å²) >= 11 is 0. The van der Waals surface area contributed by atoms with Crippen molar-refractivity contribution >= 4 is 17.9 Å². The molecule has 0 radical (unpaired) electrons. The normalized spacial score (nSPS) is 12.0. The number of carbonyl (C=O) groups is 3. The first-order valence-corrected chi connectivity index (χ1v) is 28.2.